The van der Waals surface area contributed by atoms with Crippen molar-refractivity contribution in [2.45, 2.75) is 46.3 Å². The number of amides is 3. The number of ether oxygens (including phenoxy) is 2. The number of aryl methyl sites for hydroxylation is 1. The molecule has 0 radical (unpaired) electrons. The number of carbonyl (C=O) groups excluding carboxylic acids is 3. The Morgan fingerprint density at radius 1 is 1.00 bits per heavy atom. The van der Waals surface area contributed by atoms with Gasteiger partial charge in [-0.15, -0.1) is 0 Å². The summed E-state index contributed by atoms with van der Waals surface area (Å²) < 4.78 is 11.4. The first-order valence-corrected chi connectivity index (χ1v) is 14.3. The van der Waals surface area contributed by atoms with Crippen molar-refractivity contribution in [2.24, 2.45) is 0 Å². The number of nitrogens with one attached hydrogen (secondary N) is 1. The van der Waals surface area contributed by atoms with Gasteiger partial charge in [0.25, 0.3) is 5.91 Å². The lowest BCUT2D eigenvalue weighted by atomic mass is 9.93. The van der Waals surface area contributed by atoms with Gasteiger partial charge in [0, 0.05) is 36.4 Å². The van der Waals surface area contributed by atoms with E-state index in [4.69, 9.17) is 21.1 Å². The van der Waals surface area contributed by atoms with Crippen LogP contribution in [0.5, 0.6) is 11.5 Å². The van der Waals surface area contributed by atoms with Gasteiger partial charge in [-0.05, 0) is 88.2 Å². The molecular formula is C33H36ClN3O5. The fourth-order valence-corrected chi connectivity index (χ4v) is 4.98. The van der Waals surface area contributed by atoms with Gasteiger partial charge in [0.15, 0.2) is 0 Å². The number of allylic oxidation sites excluding steroid dienone is 1. The fraction of sp³-hybridized carbons (Fsp3) is 0.303. The van der Waals surface area contributed by atoms with E-state index >= 15 is 0 Å². The normalized spacial score (nSPS) is 15.0. The molecule has 3 amide bonds. The number of nitrogens with zero attached hydrogens (tertiary/aromatic N) is 2. The molecule has 0 fully saturated rings. The van der Waals surface area contributed by atoms with Crippen molar-refractivity contribution in [3.05, 3.63) is 106 Å². The SMILES string of the molecule is CC1=C(C(=O)OC(C)C)C(c2cccc(Cl)c2)N(CCCN(C)C(=O)c2ccc(Oc3ccc(C)cc3)cc2)C(=O)N1. The van der Waals surface area contributed by atoms with Gasteiger partial charge in [0.1, 0.15) is 11.5 Å². The zero-order valence-electron chi connectivity index (χ0n) is 24.5. The van der Waals surface area contributed by atoms with Gasteiger partial charge >= 0.3 is 12.0 Å². The molecule has 0 aliphatic carbocycles. The third-order valence-electron chi connectivity index (χ3n) is 6.87. The van der Waals surface area contributed by atoms with Crippen LogP contribution in [0, 0.1) is 6.92 Å². The first-order valence-electron chi connectivity index (χ1n) is 13.9. The maximum atomic E-state index is 13.2. The second-order valence-electron chi connectivity index (χ2n) is 10.6. The molecule has 1 atom stereocenters. The van der Waals surface area contributed by atoms with Crippen LogP contribution < -0.4 is 10.1 Å². The number of benzene rings is 3. The van der Waals surface area contributed by atoms with Crippen LogP contribution in [-0.4, -0.2) is 53.9 Å². The molecule has 0 spiro atoms. The number of hydrogen-bond acceptors (Lipinski definition) is 5. The minimum atomic E-state index is -0.689. The van der Waals surface area contributed by atoms with Crippen molar-refractivity contribution in [2.75, 3.05) is 20.1 Å². The summed E-state index contributed by atoms with van der Waals surface area (Å²) in [5.41, 5.74) is 3.16. The van der Waals surface area contributed by atoms with Crippen LogP contribution in [0.4, 0.5) is 4.79 Å². The standard InChI is InChI=1S/C33H36ClN3O5/c1-21(2)41-32(39)29-23(4)35-33(40)37(30(29)25-8-6-9-26(34)20-25)19-7-18-36(5)31(38)24-12-16-28(17-13-24)42-27-14-10-22(3)11-15-27/h6,8-17,20-21,30H,7,18-19H2,1-5H3,(H,35,40). The molecule has 220 valence electrons. The van der Waals surface area contributed by atoms with Crippen molar-refractivity contribution >= 4 is 29.5 Å². The predicted molar refractivity (Wildman–Crippen MR) is 163 cm³/mol. The molecule has 3 aromatic rings. The molecule has 1 aliphatic rings. The van der Waals surface area contributed by atoms with Crippen LogP contribution in [0.1, 0.15) is 54.7 Å². The molecular weight excluding hydrogens is 554 g/mol. The lowest BCUT2D eigenvalue weighted by Gasteiger charge is -2.38. The van der Waals surface area contributed by atoms with Crippen molar-refractivity contribution in [1.29, 1.82) is 0 Å². The Labute approximate surface area is 251 Å². The molecule has 3 aromatic carbocycles. The van der Waals surface area contributed by atoms with Crippen LogP contribution >= 0.6 is 11.6 Å². The maximum Gasteiger partial charge on any atom is 0.338 e. The molecule has 8 nitrogen and oxygen atoms in total. The van der Waals surface area contributed by atoms with E-state index in [0.717, 1.165) is 11.3 Å². The number of esters is 1. The largest absolute Gasteiger partial charge is 0.459 e. The summed E-state index contributed by atoms with van der Waals surface area (Å²) in [4.78, 5) is 42.7. The summed E-state index contributed by atoms with van der Waals surface area (Å²) >= 11 is 6.29. The van der Waals surface area contributed by atoms with Crippen LogP contribution in [0.3, 0.4) is 0 Å². The van der Waals surface area contributed by atoms with Crippen molar-refractivity contribution in [3.8, 4) is 11.5 Å². The second kappa shape index (κ2) is 13.6. The van der Waals surface area contributed by atoms with E-state index in [0.29, 0.717) is 46.1 Å². The highest BCUT2D eigenvalue weighted by Gasteiger charge is 2.38. The molecule has 1 unspecified atom stereocenters. The zero-order valence-corrected chi connectivity index (χ0v) is 25.3. The lowest BCUT2D eigenvalue weighted by Crippen LogP contribution is -2.49. The Morgan fingerprint density at radius 3 is 2.26 bits per heavy atom. The highest BCUT2D eigenvalue weighted by molar-refractivity contribution is 6.30. The van der Waals surface area contributed by atoms with Gasteiger partial charge in [-0.2, -0.15) is 0 Å². The van der Waals surface area contributed by atoms with Crippen LogP contribution in [0.25, 0.3) is 0 Å². The van der Waals surface area contributed by atoms with Gasteiger partial charge in [-0.3, -0.25) is 4.79 Å². The highest BCUT2D eigenvalue weighted by Crippen LogP contribution is 2.35. The molecule has 9 heteroatoms. The van der Waals surface area contributed by atoms with E-state index in [-0.39, 0.29) is 24.6 Å². The minimum absolute atomic E-state index is 0.150. The quantitative estimate of drug-likeness (QED) is 0.260. The van der Waals surface area contributed by atoms with Gasteiger partial charge in [-0.1, -0.05) is 41.4 Å². The molecule has 0 bridgehead atoms. The first-order chi connectivity index (χ1) is 20.0. The summed E-state index contributed by atoms with van der Waals surface area (Å²) in [6.45, 7) is 7.93. The average molecular weight is 590 g/mol. The lowest BCUT2D eigenvalue weighted by molar-refractivity contribution is -0.143. The smallest absolute Gasteiger partial charge is 0.338 e. The third kappa shape index (κ3) is 7.50. The number of urea groups is 1. The molecule has 0 saturated heterocycles. The Morgan fingerprint density at radius 2 is 1.64 bits per heavy atom. The third-order valence-corrected chi connectivity index (χ3v) is 7.10. The van der Waals surface area contributed by atoms with Crippen molar-refractivity contribution in [3.63, 3.8) is 0 Å². The van der Waals surface area contributed by atoms with Gasteiger partial charge in [0.2, 0.25) is 0 Å². The topological polar surface area (TPSA) is 88.2 Å². The monoisotopic (exact) mass is 589 g/mol. The van der Waals surface area contributed by atoms with Crippen LogP contribution in [0.15, 0.2) is 84.1 Å². The molecule has 42 heavy (non-hydrogen) atoms. The Hall–Kier alpha value is -4.30. The minimum Gasteiger partial charge on any atom is -0.459 e. The molecule has 4 rings (SSSR count). The van der Waals surface area contributed by atoms with E-state index < -0.39 is 12.0 Å². The number of rotatable bonds is 10. The van der Waals surface area contributed by atoms with Gasteiger partial charge in [0.05, 0.1) is 17.7 Å². The van der Waals surface area contributed by atoms with E-state index in [1.54, 1.807) is 80.1 Å². The summed E-state index contributed by atoms with van der Waals surface area (Å²) in [5.74, 6) is 0.708. The summed E-state index contributed by atoms with van der Waals surface area (Å²) in [6, 6.07) is 20.8. The van der Waals surface area contributed by atoms with Crippen LogP contribution in [-0.2, 0) is 9.53 Å². The molecule has 1 heterocycles. The highest BCUT2D eigenvalue weighted by atomic mass is 35.5. The zero-order chi connectivity index (χ0) is 30.4. The van der Waals surface area contributed by atoms with Crippen molar-refractivity contribution < 1.29 is 23.9 Å². The predicted octanol–water partition coefficient (Wildman–Crippen LogP) is 6.89. The molecule has 0 saturated carbocycles. The Balaban J connectivity index is 1.44. The van der Waals surface area contributed by atoms with E-state index in [1.165, 1.54) is 0 Å². The Bertz CT molecular complexity index is 1470. The van der Waals surface area contributed by atoms with E-state index in [9.17, 15) is 14.4 Å². The van der Waals surface area contributed by atoms with Gasteiger partial charge in [-0.25, -0.2) is 9.59 Å². The second-order valence-corrected chi connectivity index (χ2v) is 11.0. The number of carbonyl (C=O) groups is 3. The summed E-state index contributed by atoms with van der Waals surface area (Å²) in [5, 5.41) is 3.29. The Kier molecular flexibility index (Phi) is 9.91. The first kappa shape index (κ1) is 30.7. The average Bonchev–Trinajstić information content (AvgIpc) is 2.94. The number of hydrogen-bond donors (Lipinski definition) is 1. The summed E-state index contributed by atoms with van der Waals surface area (Å²) in [6.07, 6.45) is 0.152. The molecule has 0 aromatic heterocycles. The molecule has 1 N–H and O–H groups in total. The number of halogens is 1. The van der Waals surface area contributed by atoms with Crippen molar-refractivity contribution in [1.82, 2.24) is 15.1 Å². The maximum absolute atomic E-state index is 13.2. The van der Waals surface area contributed by atoms with E-state index in [2.05, 4.69) is 5.32 Å². The van der Waals surface area contributed by atoms with E-state index in [1.807, 2.05) is 37.3 Å². The summed E-state index contributed by atoms with van der Waals surface area (Å²) in [7, 11) is 1.72. The fourth-order valence-electron chi connectivity index (χ4n) is 4.78. The molecule has 1 aliphatic heterocycles. The van der Waals surface area contributed by atoms with Crippen LogP contribution in [0.2, 0.25) is 5.02 Å². The van der Waals surface area contributed by atoms with Gasteiger partial charge < -0.3 is 24.6 Å².